The summed E-state index contributed by atoms with van der Waals surface area (Å²) in [5.74, 6) is -0.920. The first kappa shape index (κ1) is 14.7. The van der Waals surface area contributed by atoms with Crippen LogP contribution < -0.4 is 11.1 Å². The normalized spacial score (nSPS) is 10.3. The highest BCUT2D eigenvalue weighted by Crippen LogP contribution is 2.33. The number of rotatable bonds is 2. The lowest BCUT2D eigenvalue weighted by Crippen LogP contribution is -2.14. The Morgan fingerprint density at radius 1 is 1.15 bits per heavy atom. The van der Waals surface area contributed by atoms with E-state index in [0.717, 1.165) is 4.47 Å². The maximum Gasteiger partial charge on any atom is 0.259 e. The number of nitrogens with one attached hydrogen (secondary N) is 1. The van der Waals surface area contributed by atoms with Crippen molar-refractivity contribution < 1.29 is 15.0 Å². The van der Waals surface area contributed by atoms with E-state index in [-0.39, 0.29) is 17.1 Å². The molecule has 0 radical (unpaired) electrons. The van der Waals surface area contributed by atoms with E-state index in [1.807, 2.05) is 0 Å². The lowest BCUT2D eigenvalue weighted by atomic mass is 10.1. The number of amides is 1. The molecule has 1 amide bonds. The number of carbonyl (C=O) groups is 1. The van der Waals surface area contributed by atoms with Gasteiger partial charge in [-0.25, -0.2) is 0 Å². The van der Waals surface area contributed by atoms with Crippen LogP contribution in [0.5, 0.6) is 11.5 Å². The summed E-state index contributed by atoms with van der Waals surface area (Å²) in [4.78, 5) is 12.1. The third kappa shape index (κ3) is 3.05. The van der Waals surface area contributed by atoms with Crippen LogP contribution in [0.25, 0.3) is 0 Å². The molecule has 0 unspecified atom stereocenters. The minimum absolute atomic E-state index is 0.0424. The molecule has 7 heteroatoms. The van der Waals surface area contributed by atoms with E-state index in [1.165, 1.54) is 18.2 Å². The second-order valence-electron chi connectivity index (χ2n) is 4.01. The van der Waals surface area contributed by atoms with Crippen LogP contribution in [0.15, 0.2) is 39.3 Å². The van der Waals surface area contributed by atoms with Gasteiger partial charge in [-0.15, -0.1) is 0 Å². The number of carbonyl (C=O) groups excluding carboxylic acids is 1. The van der Waals surface area contributed by atoms with Crippen LogP contribution in [0, 0.1) is 0 Å². The number of hydrogen-bond acceptors (Lipinski definition) is 4. The molecule has 0 aliphatic rings. The zero-order valence-electron chi connectivity index (χ0n) is 10.0. The predicted octanol–water partition coefficient (Wildman–Crippen LogP) is 3.46. The molecule has 0 heterocycles. The molecule has 0 aromatic heterocycles. The maximum atomic E-state index is 12.1. The molecule has 0 aliphatic heterocycles. The van der Waals surface area contributed by atoms with Crippen molar-refractivity contribution in [3.8, 4) is 11.5 Å². The van der Waals surface area contributed by atoms with Gasteiger partial charge >= 0.3 is 0 Å². The first-order valence-corrected chi connectivity index (χ1v) is 7.05. The molecule has 5 nitrogen and oxygen atoms in total. The van der Waals surface area contributed by atoms with Crippen molar-refractivity contribution in [1.82, 2.24) is 0 Å². The third-order valence-corrected chi connectivity index (χ3v) is 3.63. The zero-order chi connectivity index (χ0) is 14.9. The van der Waals surface area contributed by atoms with Gasteiger partial charge in [0.15, 0.2) is 0 Å². The molecule has 5 N–H and O–H groups in total. The van der Waals surface area contributed by atoms with Gasteiger partial charge in [-0.1, -0.05) is 15.9 Å². The molecule has 0 saturated carbocycles. The van der Waals surface area contributed by atoms with E-state index in [9.17, 15) is 15.0 Å². The Morgan fingerprint density at radius 3 is 2.50 bits per heavy atom. The molecule has 0 aliphatic carbocycles. The maximum absolute atomic E-state index is 12.1. The summed E-state index contributed by atoms with van der Waals surface area (Å²) in [5.41, 5.74) is 6.54. The molecule has 2 aromatic rings. The quantitative estimate of drug-likeness (QED) is 0.457. The number of phenolic OH excluding ortho intramolecular Hbond substituents is 2. The summed E-state index contributed by atoms with van der Waals surface area (Å²) in [6, 6.07) is 7.07. The zero-order valence-corrected chi connectivity index (χ0v) is 13.2. The Bertz CT molecular complexity index is 666. The third-order valence-electron chi connectivity index (χ3n) is 2.55. The minimum atomic E-state index is -0.576. The summed E-state index contributed by atoms with van der Waals surface area (Å²) >= 11 is 6.58. The van der Waals surface area contributed by atoms with Crippen molar-refractivity contribution in [3.05, 3.63) is 44.8 Å². The molecular weight excluding hydrogens is 392 g/mol. The number of hydrogen-bond donors (Lipinski definition) is 4. The minimum Gasteiger partial charge on any atom is -0.508 e. The SMILES string of the molecule is Nc1cc(Br)cc(Br)c1NC(=O)c1cc(O)ccc1O. The fourth-order valence-electron chi connectivity index (χ4n) is 1.61. The van der Waals surface area contributed by atoms with Crippen molar-refractivity contribution in [3.63, 3.8) is 0 Å². The van der Waals surface area contributed by atoms with E-state index < -0.39 is 5.91 Å². The lowest BCUT2D eigenvalue weighted by Gasteiger charge is -2.12. The van der Waals surface area contributed by atoms with Crippen molar-refractivity contribution >= 4 is 49.1 Å². The van der Waals surface area contributed by atoms with Gasteiger partial charge in [0.1, 0.15) is 11.5 Å². The number of aromatic hydroxyl groups is 2. The molecular formula is C13H10Br2N2O3. The van der Waals surface area contributed by atoms with Crippen LogP contribution in [0.2, 0.25) is 0 Å². The van der Waals surface area contributed by atoms with Crippen molar-refractivity contribution in [2.24, 2.45) is 0 Å². The monoisotopic (exact) mass is 400 g/mol. The smallest absolute Gasteiger partial charge is 0.259 e. The Hall–Kier alpha value is -1.73. The average molecular weight is 402 g/mol. The largest absolute Gasteiger partial charge is 0.508 e. The van der Waals surface area contributed by atoms with Gasteiger partial charge in [-0.2, -0.15) is 0 Å². The van der Waals surface area contributed by atoms with Gasteiger partial charge in [-0.05, 0) is 46.3 Å². The molecule has 0 saturated heterocycles. The Labute approximate surface area is 131 Å². The second kappa shape index (κ2) is 5.72. The van der Waals surface area contributed by atoms with Crippen molar-refractivity contribution in [1.29, 1.82) is 0 Å². The molecule has 0 atom stereocenters. The molecule has 0 fully saturated rings. The number of nitrogens with two attached hydrogens (primary N) is 1. The van der Waals surface area contributed by atoms with Gasteiger partial charge in [-0.3, -0.25) is 4.79 Å². The van der Waals surface area contributed by atoms with Crippen LogP contribution in [-0.4, -0.2) is 16.1 Å². The van der Waals surface area contributed by atoms with E-state index >= 15 is 0 Å². The number of anilines is 2. The summed E-state index contributed by atoms with van der Waals surface area (Å²) in [7, 11) is 0. The van der Waals surface area contributed by atoms with Crippen LogP contribution >= 0.6 is 31.9 Å². The Morgan fingerprint density at radius 2 is 1.85 bits per heavy atom. The highest BCUT2D eigenvalue weighted by molar-refractivity contribution is 9.11. The van der Waals surface area contributed by atoms with E-state index in [4.69, 9.17) is 5.73 Å². The highest BCUT2D eigenvalue weighted by Gasteiger charge is 2.15. The number of halogens is 2. The number of nitrogen functional groups attached to an aromatic ring is 1. The van der Waals surface area contributed by atoms with Gasteiger partial charge in [0.25, 0.3) is 5.91 Å². The fourth-order valence-corrected chi connectivity index (χ4v) is 2.97. The van der Waals surface area contributed by atoms with E-state index in [2.05, 4.69) is 37.2 Å². The van der Waals surface area contributed by atoms with E-state index in [1.54, 1.807) is 12.1 Å². The first-order valence-electron chi connectivity index (χ1n) is 5.46. The van der Waals surface area contributed by atoms with Crippen LogP contribution in [0.1, 0.15) is 10.4 Å². The molecule has 0 spiro atoms. The summed E-state index contributed by atoms with van der Waals surface area (Å²) in [5, 5.41) is 21.6. The lowest BCUT2D eigenvalue weighted by molar-refractivity contribution is 0.102. The number of benzene rings is 2. The summed E-state index contributed by atoms with van der Waals surface area (Å²) < 4.78 is 1.36. The fraction of sp³-hybridized carbons (Fsp3) is 0. The average Bonchev–Trinajstić information content (AvgIpc) is 2.36. The highest BCUT2D eigenvalue weighted by atomic mass is 79.9. The molecule has 2 rings (SSSR count). The second-order valence-corrected chi connectivity index (χ2v) is 5.78. The van der Waals surface area contributed by atoms with Crippen molar-refractivity contribution in [2.45, 2.75) is 0 Å². The van der Waals surface area contributed by atoms with Gasteiger partial charge < -0.3 is 21.3 Å². The van der Waals surface area contributed by atoms with E-state index in [0.29, 0.717) is 15.8 Å². The first-order chi connectivity index (χ1) is 9.38. The number of phenols is 2. The summed E-state index contributed by atoms with van der Waals surface area (Å²) in [6.07, 6.45) is 0. The standard InChI is InChI=1S/C13H10Br2N2O3/c14-6-3-9(15)12(10(16)4-6)17-13(20)8-5-7(18)1-2-11(8)19/h1-5,18-19H,16H2,(H,17,20). The van der Waals surface area contributed by atoms with Crippen LogP contribution in [-0.2, 0) is 0 Å². The van der Waals surface area contributed by atoms with Crippen LogP contribution in [0.3, 0.4) is 0 Å². The van der Waals surface area contributed by atoms with Gasteiger partial charge in [0, 0.05) is 8.95 Å². The van der Waals surface area contributed by atoms with Gasteiger partial charge in [0.05, 0.1) is 16.9 Å². The molecule has 0 bridgehead atoms. The molecule has 20 heavy (non-hydrogen) atoms. The van der Waals surface area contributed by atoms with Gasteiger partial charge in [0.2, 0.25) is 0 Å². The Kier molecular flexibility index (Phi) is 4.20. The summed E-state index contributed by atoms with van der Waals surface area (Å²) in [6.45, 7) is 0. The molecule has 2 aromatic carbocycles. The molecule has 104 valence electrons. The predicted molar refractivity (Wildman–Crippen MR) is 84.0 cm³/mol. The topological polar surface area (TPSA) is 95.6 Å². The van der Waals surface area contributed by atoms with Crippen molar-refractivity contribution in [2.75, 3.05) is 11.1 Å². The Balaban J connectivity index is 2.35. The van der Waals surface area contributed by atoms with Crippen LogP contribution in [0.4, 0.5) is 11.4 Å².